The molecule has 2 atom stereocenters. The SMILES string of the molecule is CCC(C[C@@H](O)C(C)C)[N+](=O)[O-]. The average molecular weight is 175 g/mol. The largest absolute Gasteiger partial charge is 0.393 e. The number of aliphatic hydroxyl groups excluding tert-OH is 1. The number of rotatable bonds is 5. The van der Waals surface area contributed by atoms with Gasteiger partial charge in [0.1, 0.15) is 0 Å². The molecule has 1 unspecified atom stereocenters. The molecule has 0 bridgehead atoms. The van der Waals surface area contributed by atoms with E-state index in [0.29, 0.717) is 6.42 Å². The van der Waals surface area contributed by atoms with Crippen molar-refractivity contribution in [1.82, 2.24) is 0 Å². The average Bonchev–Trinajstić information content (AvgIpc) is 1.98. The summed E-state index contributed by atoms with van der Waals surface area (Å²) >= 11 is 0. The Balaban J connectivity index is 3.94. The Morgan fingerprint density at radius 3 is 2.25 bits per heavy atom. The van der Waals surface area contributed by atoms with Crippen LogP contribution in [0, 0.1) is 16.0 Å². The van der Waals surface area contributed by atoms with E-state index < -0.39 is 12.1 Å². The van der Waals surface area contributed by atoms with E-state index in [1.807, 2.05) is 13.8 Å². The van der Waals surface area contributed by atoms with Crippen LogP contribution in [0.5, 0.6) is 0 Å². The third-order valence-electron chi connectivity index (χ3n) is 2.05. The predicted molar refractivity (Wildman–Crippen MR) is 46.5 cm³/mol. The van der Waals surface area contributed by atoms with Crippen LogP contribution in [-0.2, 0) is 0 Å². The maximum atomic E-state index is 10.4. The highest BCUT2D eigenvalue weighted by atomic mass is 16.6. The minimum atomic E-state index is -0.595. The summed E-state index contributed by atoms with van der Waals surface area (Å²) in [4.78, 5) is 10.1. The van der Waals surface area contributed by atoms with Crippen LogP contribution in [0.4, 0.5) is 0 Å². The van der Waals surface area contributed by atoms with E-state index in [9.17, 15) is 15.2 Å². The molecule has 0 fully saturated rings. The van der Waals surface area contributed by atoms with Crippen LogP contribution in [0.15, 0.2) is 0 Å². The monoisotopic (exact) mass is 175 g/mol. The van der Waals surface area contributed by atoms with Crippen molar-refractivity contribution in [1.29, 1.82) is 0 Å². The van der Waals surface area contributed by atoms with Gasteiger partial charge in [0, 0.05) is 17.8 Å². The Morgan fingerprint density at radius 1 is 1.50 bits per heavy atom. The second-order valence-corrected chi connectivity index (χ2v) is 3.39. The molecule has 0 spiro atoms. The summed E-state index contributed by atoms with van der Waals surface area (Å²) in [6, 6.07) is -0.595. The fraction of sp³-hybridized carbons (Fsp3) is 1.00. The second-order valence-electron chi connectivity index (χ2n) is 3.39. The van der Waals surface area contributed by atoms with Crippen molar-refractivity contribution in [3.63, 3.8) is 0 Å². The van der Waals surface area contributed by atoms with Crippen LogP contribution < -0.4 is 0 Å². The maximum Gasteiger partial charge on any atom is 0.215 e. The lowest BCUT2D eigenvalue weighted by molar-refractivity contribution is -0.525. The molecular weight excluding hydrogens is 158 g/mol. The van der Waals surface area contributed by atoms with Crippen LogP contribution in [0.3, 0.4) is 0 Å². The zero-order valence-corrected chi connectivity index (χ0v) is 7.86. The molecular formula is C8H17NO3. The standard InChI is InChI=1S/C8H17NO3/c1-4-7(9(11)12)5-8(10)6(2)3/h6-8,10H,4-5H2,1-3H3/t7?,8-/m1/s1. The molecule has 0 rings (SSSR count). The molecule has 0 aromatic carbocycles. The summed E-state index contributed by atoms with van der Waals surface area (Å²) in [7, 11) is 0. The highest BCUT2D eigenvalue weighted by Gasteiger charge is 2.23. The molecule has 0 aliphatic heterocycles. The van der Waals surface area contributed by atoms with Crippen molar-refractivity contribution in [3.05, 3.63) is 10.1 Å². The minimum Gasteiger partial charge on any atom is -0.393 e. The number of hydrogen-bond acceptors (Lipinski definition) is 3. The molecule has 4 heteroatoms. The van der Waals surface area contributed by atoms with Crippen molar-refractivity contribution in [3.8, 4) is 0 Å². The molecule has 0 aromatic heterocycles. The molecule has 0 aliphatic rings. The summed E-state index contributed by atoms with van der Waals surface area (Å²) in [5, 5.41) is 19.8. The summed E-state index contributed by atoms with van der Waals surface area (Å²) < 4.78 is 0. The van der Waals surface area contributed by atoms with Gasteiger partial charge in [0.2, 0.25) is 6.04 Å². The van der Waals surface area contributed by atoms with Gasteiger partial charge in [-0.3, -0.25) is 10.1 Å². The highest BCUT2D eigenvalue weighted by molar-refractivity contribution is 4.65. The molecule has 0 amide bonds. The third-order valence-corrected chi connectivity index (χ3v) is 2.05. The van der Waals surface area contributed by atoms with Crippen molar-refractivity contribution in [2.45, 2.75) is 45.8 Å². The Bertz CT molecular complexity index is 147. The Morgan fingerprint density at radius 2 is 2.00 bits per heavy atom. The number of hydrogen-bond donors (Lipinski definition) is 1. The van der Waals surface area contributed by atoms with Gasteiger partial charge in [-0.05, 0) is 5.92 Å². The Labute approximate surface area is 72.7 Å². The Hall–Kier alpha value is -0.640. The summed E-state index contributed by atoms with van der Waals surface area (Å²) in [6.45, 7) is 5.48. The van der Waals surface area contributed by atoms with Gasteiger partial charge in [0.15, 0.2) is 0 Å². The van der Waals surface area contributed by atoms with Crippen LogP contribution in [0.25, 0.3) is 0 Å². The molecule has 4 nitrogen and oxygen atoms in total. The molecule has 0 aliphatic carbocycles. The second kappa shape index (κ2) is 5.09. The van der Waals surface area contributed by atoms with Gasteiger partial charge in [-0.25, -0.2) is 0 Å². The predicted octanol–water partition coefficient (Wildman–Crippen LogP) is 1.45. The van der Waals surface area contributed by atoms with Crippen LogP contribution >= 0.6 is 0 Å². The van der Waals surface area contributed by atoms with Crippen LogP contribution in [-0.4, -0.2) is 22.2 Å². The molecule has 0 saturated heterocycles. The van der Waals surface area contributed by atoms with Crippen molar-refractivity contribution >= 4 is 0 Å². The zero-order chi connectivity index (χ0) is 9.72. The summed E-state index contributed by atoms with van der Waals surface area (Å²) in [5.41, 5.74) is 0. The van der Waals surface area contributed by atoms with Gasteiger partial charge in [0.25, 0.3) is 0 Å². The molecule has 0 saturated carbocycles. The van der Waals surface area contributed by atoms with Gasteiger partial charge >= 0.3 is 0 Å². The molecule has 1 N–H and O–H groups in total. The van der Waals surface area contributed by atoms with Crippen molar-refractivity contribution in [2.24, 2.45) is 5.92 Å². The van der Waals surface area contributed by atoms with E-state index in [2.05, 4.69) is 0 Å². The van der Waals surface area contributed by atoms with Crippen LogP contribution in [0.1, 0.15) is 33.6 Å². The fourth-order valence-electron chi connectivity index (χ4n) is 0.953. The quantitative estimate of drug-likeness (QED) is 0.508. The molecule has 12 heavy (non-hydrogen) atoms. The first-order chi connectivity index (χ1) is 5.49. The molecule has 0 heterocycles. The number of aliphatic hydroxyl groups is 1. The highest BCUT2D eigenvalue weighted by Crippen LogP contribution is 2.12. The fourth-order valence-corrected chi connectivity index (χ4v) is 0.953. The lowest BCUT2D eigenvalue weighted by Gasteiger charge is -2.15. The van der Waals surface area contributed by atoms with Gasteiger partial charge in [-0.2, -0.15) is 0 Å². The van der Waals surface area contributed by atoms with E-state index >= 15 is 0 Å². The minimum absolute atomic E-state index is 0.0963. The Kier molecular flexibility index (Phi) is 4.81. The lowest BCUT2D eigenvalue weighted by Crippen LogP contribution is -2.27. The van der Waals surface area contributed by atoms with Crippen molar-refractivity contribution < 1.29 is 10.0 Å². The van der Waals surface area contributed by atoms with Gasteiger partial charge in [-0.1, -0.05) is 20.8 Å². The smallest absolute Gasteiger partial charge is 0.215 e. The summed E-state index contributed by atoms with van der Waals surface area (Å²) in [6.07, 6.45) is 0.193. The molecule has 0 radical (unpaired) electrons. The normalized spacial score (nSPS) is 16.1. The van der Waals surface area contributed by atoms with Crippen molar-refractivity contribution in [2.75, 3.05) is 0 Å². The zero-order valence-electron chi connectivity index (χ0n) is 7.86. The van der Waals surface area contributed by atoms with E-state index in [1.165, 1.54) is 0 Å². The first-order valence-electron chi connectivity index (χ1n) is 4.30. The first-order valence-corrected chi connectivity index (χ1v) is 4.30. The number of nitro groups is 1. The van der Waals surface area contributed by atoms with Crippen LogP contribution in [0.2, 0.25) is 0 Å². The number of nitrogens with zero attached hydrogens (tertiary/aromatic N) is 1. The van der Waals surface area contributed by atoms with Gasteiger partial charge in [-0.15, -0.1) is 0 Å². The lowest BCUT2D eigenvalue weighted by atomic mass is 9.99. The van der Waals surface area contributed by atoms with E-state index in [-0.39, 0.29) is 17.3 Å². The first kappa shape index (κ1) is 11.4. The maximum absolute atomic E-state index is 10.4. The van der Waals surface area contributed by atoms with Gasteiger partial charge < -0.3 is 5.11 Å². The van der Waals surface area contributed by atoms with E-state index in [1.54, 1.807) is 6.92 Å². The molecule has 72 valence electrons. The van der Waals surface area contributed by atoms with Gasteiger partial charge in [0.05, 0.1) is 6.10 Å². The topological polar surface area (TPSA) is 63.4 Å². The molecule has 0 aromatic rings. The van der Waals surface area contributed by atoms with E-state index in [0.717, 1.165) is 0 Å². The summed E-state index contributed by atoms with van der Waals surface area (Å²) in [5.74, 6) is 0.0963. The van der Waals surface area contributed by atoms with E-state index in [4.69, 9.17) is 0 Å². The third kappa shape index (κ3) is 3.67.